The molecule has 3 amide bonds. The van der Waals surface area contributed by atoms with Gasteiger partial charge in [0.05, 0.1) is 31.1 Å². The summed E-state index contributed by atoms with van der Waals surface area (Å²) in [5.74, 6) is -1.38. The number of H-pyrrole nitrogens is 1. The van der Waals surface area contributed by atoms with Crippen molar-refractivity contribution < 1.29 is 29.0 Å². The predicted molar refractivity (Wildman–Crippen MR) is 161 cm³/mol. The number of carbonyl (C=O) groups is 4. The third kappa shape index (κ3) is 6.75. The summed E-state index contributed by atoms with van der Waals surface area (Å²) in [5.41, 5.74) is 1.33. The molecule has 1 aromatic carbocycles. The standard InChI is InChI=1S/C26H24N4O6S2.C3H4N2/c1-36-20-8-7-17(12-27-20)29-10-9-15(23(29)32)11-16-13-38-25-21(24(33)30(25)22(16)26(34)35)28-19(31)14-37-18-5-3-2-4-6-18;1-2-5-3-4-1/h2-8,11-12,21,25H,9-10,13-14H2,1H3,(H,28,31)(H,34,35);1-3H,(H,4,5)/t21-,25-;/m1./s1. The molecule has 2 aromatic heterocycles. The fourth-order valence-corrected chi connectivity index (χ4v) is 6.74. The Labute approximate surface area is 255 Å². The van der Waals surface area contributed by atoms with Crippen molar-refractivity contribution in [1.82, 2.24) is 25.2 Å². The molecule has 0 aliphatic carbocycles. The molecule has 3 aromatic rings. The average molecular weight is 621 g/mol. The number of hydrogen-bond donors (Lipinski definition) is 3. The fraction of sp³-hybridized carbons (Fsp3) is 0.241. The number of nitrogens with one attached hydrogen (secondary N) is 2. The van der Waals surface area contributed by atoms with Crippen LogP contribution >= 0.6 is 23.5 Å². The molecule has 12 nitrogen and oxygen atoms in total. The van der Waals surface area contributed by atoms with Crippen molar-refractivity contribution in [3.8, 4) is 5.88 Å². The molecule has 2 atom stereocenters. The molecule has 3 aliphatic rings. The highest BCUT2D eigenvalue weighted by Crippen LogP contribution is 2.41. The summed E-state index contributed by atoms with van der Waals surface area (Å²) in [6.45, 7) is 0.432. The summed E-state index contributed by atoms with van der Waals surface area (Å²) in [7, 11) is 1.51. The molecule has 0 bridgehead atoms. The second-order valence-corrected chi connectivity index (χ2v) is 11.6. The van der Waals surface area contributed by atoms with Crippen molar-refractivity contribution in [2.75, 3.05) is 30.1 Å². The van der Waals surface area contributed by atoms with E-state index in [1.165, 1.54) is 35.5 Å². The van der Waals surface area contributed by atoms with Crippen LogP contribution in [-0.4, -0.2) is 85.2 Å². The summed E-state index contributed by atoms with van der Waals surface area (Å²) in [4.78, 5) is 64.9. The van der Waals surface area contributed by atoms with E-state index in [1.807, 2.05) is 30.3 Å². The molecule has 0 radical (unpaired) electrons. The molecule has 3 aliphatic heterocycles. The molecule has 3 N–H and O–H groups in total. The van der Waals surface area contributed by atoms with E-state index in [1.54, 1.807) is 48.0 Å². The first-order valence-corrected chi connectivity index (χ1v) is 15.2. The summed E-state index contributed by atoms with van der Waals surface area (Å²) in [5, 5.41) is 12.2. The lowest BCUT2D eigenvalue weighted by molar-refractivity contribution is -0.150. The molecule has 43 heavy (non-hydrogen) atoms. The Hall–Kier alpha value is -4.56. The number of fused-ring (bicyclic) bond motifs is 1. The number of carbonyl (C=O) groups excluding carboxylic acids is 3. The topological polar surface area (TPSA) is 158 Å². The Balaban J connectivity index is 0.000000668. The van der Waals surface area contributed by atoms with Crippen LogP contribution in [-0.2, 0) is 19.2 Å². The molecule has 14 heteroatoms. The number of carboxylic acids is 1. The molecule has 5 heterocycles. The van der Waals surface area contributed by atoms with E-state index in [4.69, 9.17) is 4.74 Å². The number of aliphatic carboxylic acids is 1. The van der Waals surface area contributed by atoms with Gasteiger partial charge in [-0.3, -0.25) is 19.3 Å². The van der Waals surface area contributed by atoms with Gasteiger partial charge in [0.1, 0.15) is 17.1 Å². The number of allylic oxidation sites excluding steroid dienone is 1. The molecule has 0 unspecified atom stereocenters. The maximum absolute atomic E-state index is 13.1. The van der Waals surface area contributed by atoms with Gasteiger partial charge in [-0.25, -0.2) is 14.8 Å². The first kappa shape index (κ1) is 29.9. The number of aromatic nitrogens is 3. The zero-order chi connectivity index (χ0) is 30.3. The van der Waals surface area contributed by atoms with Gasteiger partial charge in [-0.1, -0.05) is 18.2 Å². The van der Waals surface area contributed by atoms with Crippen molar-refractivity contribution in [1.29, 1.82) is 0 Å². The number of nitrogens with zero attached hydrogens (tertiary/aromatic N) is 4. The number of ether oxygens (including phenoxy) is 1. The van der Waals surface area contributed by atoms with Crippen molar-refractivity contribution in [3.63, 3.8) is 0 Å². The minimum absolute atomic E-state index is 0.145. The second kappa shape index (κ2) is 13.6. The lowest BCUT2D eigenvalue weighted by Crippen LogP contribution is -2.70. The number of carboxylic acid groups (broad SMARTS) is 1. The average Bonchev–Trinajstić information content (AvgIpc) is 3.73. The van der Waals surface area contributed by atoms with Gasteiger partial charge in [0, 0.05) is 41.2 Å². The van der Waals surface area contributed by atoms with E-state index >= 15 is 0 Å². The summed E-state index contributed by atoms with van der Waals surface area (Å²) >= 11 is 2.72. The number of rotatable bonds is 8. The van der Waals surface area contributed by atoms with Crippen molar-refractivity contribution >= 4 is 52.9 Å². The van der Waals surface area contributed by atoms with E-state index in [0.29, 0.717) is 41.4 Å². The van der Waals surface area contributed by atoms with Crippen LogP contribution in [0.15, 0.2) is 95.2 Å². The van der Waals surface area contributed by atoms with E-state index in [2.05, 4.69) is 20.3 Å². The monoisotopic (exact) mass is 620 g/mol. The molecule has 6 rings (SSSR count). The minimum atomic E-state index is -1.25. The number of thioether (sulfide) groups is 2. The third-order valence-electron chi connectivity index (χ3n) is 6.75. The molecule has 2 saturated heterocycles. The number of amides is 3. The number of imidazole rings is 1. The zero-order valence-corrected chi connectivity index (χ0v) is 24.6. The van der Waals surface area contributed by atoms with Gasteiger partial charge in [-0.05, 0) is 36.3 Å². The first-order chi connectivity index (χ1) is 20.9. The quantitative estimate of drug-likeness (QED) is 0.194. The van der Waals surface area contributed by atoms with Crippen LogP contribution in [0.3, 0.4) is 0 Å². The van der Waals surface area contributed by atoms with Gasteiger partial charge >= 0.3 is 5.97 Å². The highest BCUT2D eigenvalue weighted by Gasteiger charge is 2.54. The summed E-state index contributed by atoms with van der Waals surface area (Å²) in [6, 6.07) is 12.1. The molecule has 0 spiro atoms. The lowest BCUT2D eigenvalue weighted by Gasteiger charge is -2.49. The number of pyridine rings is 1. The van der Waals surface area contributed by atoms with Gasteiger partial charge in [0.25, 0.3) is 11.8 Å². The molecule has 222 valence electrons. The lowest BCUT2D eigenvalue weighted by atomic mass is 10.0. The van der Waals surface area contributed by atoms with Crippen LogP contribution in [0.25, 0.3) is 0 Å². The fourth-order valence-electron chi connectivity index (χ4n) is 4.71. The number of aromatic amines is 1. The van der Waals surface area contributed by atoms with Gasteiger partial charge < -0.3 is 25.0 Å². The molecule has 2 fully saturated rings. The van der Waals surface area contributed by atoms with Crippen molar-refractivity contribution in [2.24, 2.45) is 0 Å². The van der Waals surface area contributed by atoms with E-state index < -0.39 is 23.3 Å². The number of hydrogen-bond acceptors (Lipinski definition) is 9. The molecule has 0 saturated carbocycles. The molecular weight excluding hydrogens is 592 g/mol. The predicted octanol–water partition coefficient (Wildman–Crippen LogP) is 2.69. The smallest absolute Gasteiger partial charge is 0.352 e. The van der Waals surface area contributed by atoms with Crippen molar-refractivity contribution in [2.45, 2.75) is 22.7 Å². The Morgan fingerprint density at radius 3 is 2.67 bits per heavy atom. The van der Waals surface area contributed by atoms with Crippen LogP contribution in [0.1, 0.15) is 6.42 Å². The van der Waals surface area contributed by atoms with Gasteiger partial charge in [-0.15, -0.1) is 23.5 Å². The summed E-state index contributed by atoms with van der Waals surface area (Å²) in [6.07, 6.45) is 8.65. The van der Waals surface area contributed by atoms with Gasteiger partial charge in [-0.2, -0.15) is 0 Å². The zero-order valence-electron chi connectivity index (χ0n) is 23.0. The van der Waals surface area contributed by atoms with Crippen LogP contribution in [0, 0.1) is 0 Å². The Morgan fingerprint density at radius 2 is 2.05 bits per heavy atom. The van der Waals surface area contributed by atoms with E-state index in [-0.39, 0.29) is 23.3 Å². The highest BCUT2D eigenvalue weighted by molar-refractivity contribution is 8.00. The number of methoxy groups -OCH3 is 1. The van der Waals surface area contributed by atoms with Gasteiger partial charge in [0.2, 0.25) is 11.8 Å². The first-order valence-electron chi connectivity index (χ1n) is 13.2. The second-order valence-electron chi connectivity index (χ2n) is 9.43. The maximum Gasteiger partial charge on any atom is 0.352 e. The van der Waals surface area contributed by atoms with Gasteiger partial charge in [0.15, 0.2) is 0 Å². The van der Waals surface area contributed by atoms with Crippen LogP contribution < -0.4 is 15.0 Å². The number of benzene rings is 1. The molecular formula is C29H28N6O6S2. The van der Waals surface area contributed by atoms with Crippen LogP contribution in [0.2, 0.25) is 0 Å². The summed E-state index contributed by atoms with van der Waals surface area (Å²) < 4.78 is 5.06. The van der Waals surface area contributed by atoms with E-state index in [9.17, 15) is 24.3 Å². The largest absolute Gasteiger partial charge is 0.481 e. The number of β-lactam (4-membered cyclic amide) rings is 1. The van der Waals surface area contributed by atoms with E-state index in [0.717, 1.165) is 4.90 Å². The highest BCUT2D eigenvalue weighted by atomic mass is 32.2. The third-order valence-corrected chi connectivity index (χ3v) is 9.06. The van der Waals surface area contributed by atoms with Crippen molar-refractivity contribution in [3.05, 3.63) is 90.3 Å². The SMILES string of the molecule is COc1ccc(N2CCC(=CC3=C(C(=O)O)N4C(=O)[C@@H](NC(=O)CSc5ccccc5)[C@H]4SC3)C2=O)cn1.c1c[nH]cn1. The maximum atomic E-state index is 13.1. The Kier molecular flexibility index (Phi) is 9.47. The normalized spacial score (nSPS) is 20.3. The Bertz CT molecular complexity index is 1530. The number of anilines is 1. The van der Waals surface area contributed by atoms with Crippen LogP contribution in [0.5, 0.6) is 5.88 Å². The minimum Gasteiger partial charge on any atom is -0.481 e. The Morgan fingerprint density at radius 1 is 1.23 bits per heavy atom. The van der Waals surface area contributed by atoms with Crippen LogP contribution in [0.4, 0.5) is 5.69 Å².